The Labute approximate surface area is 60.9 Å². The van der Waals surface area contributed by atoms with Gasteiger partial charge in [-0.15, -0.1) is 6.58 Å². The van der Waals surface area contributed by atoms with Crippen molar-refractivity contribution < 1.29 is 9.90 Å². The first-order valence-corrected chi connectivity index (χ1v) is 3.20. The molecule has 0 aromatic heterocycles. The SMILES string of the molecule is C=CCCCC(=C)C(=O)O. The molecule has 0 rings (SSSR count). The van der Waals surface area contributed by atoms with Gasteiger partial charge in [0.2, 0.25) is 0 Å². The van der Waals surface area contributed by atoms with Gasteiger partial charge >= 0.3 is 5.97 Å². The minimum absolute atomic E-state index is 0.279. The first-order valence-electron chi connectivity index (χ1n) is 3.20. The van der Waals surface area contributed by atoms with Crippen LogP contribution in [-0.4, -0.2) is 11.1 Å². The lowest BCUT2D eigenvalue weighted by Gasteiger charge is -1.95. The van der Waals surface area contributed by atoms with Crippen LogP contribution < -0.4 is 0 Å². The van der Waals surface area contributed by atoms with Crippen molar-refractivity contribution in [2.45, 2.75) is 19.3 Å². The van der Waals surface area contributed by atoms with E-state index in [1.54, 1.807) is 6.08 Å². The van der Waals surface area contributed by atoms with Gasteiger partial charge in [0, 0.05) is 5.57 Å². The zero-order chi connectivity index (χ0) is 7.98. The third-order valence-electron chi connectivity index (χ3n) is 1.19. The van der Waals surface area contributed by atoms with Crippen LogP contribution >= 0.6 is 0 Å². The quantitative estimate of drug-likeness (QED) is 0.360. The number of carbonyl (C=O) groups is 1. The molecular formula is C8H12O2. The molecule has 0 saturated carbocycles. The van der Waals surface area contributed by atoms with E-state index in [0.717, 1.165) is 12.8 Å². The van der Waals surface area contributed by atoms with Gasteiger partial charge in [0.15, 0.2) is 0 Å². The van der Waals surface area contributed by atoms with Crippen LogP contribution in [0.3, 0.4) is 0 Å². The fraction of sp³-hybridized carbons (Fsp3) is 0.375. The number of carboxylic acids is 1. The Morgan fingerprint density at radius 2 is 2.20 bits per heavy atom. The highest BCUT2D eigenvalue weighted by molar-refractivity contribution is 5.85. The number of unbranched alkanes of at least 4 members (excludes halogenated alkanes) is 1. The monoisotopic (exact) mass is 140 g/mol. The van der Waals surface area contributed by atoms with Crippen LogP contribution in [0.25, 0.3) is 0 Å². The molecule has 0 atom stereocenters. The minimum Gasteiger partial charge on any atom is -0.478 e. The summed E-state index contributed by atoms with van der Waals surface area (Å²) in [6.45, 7) is 6.92. The zero-order valence-corrected chi connectivity index (χ0v) is 5.97. The van der Waals surface area contributed by atoms with Crippen LogP contribution in [0.2, 0.25) is 0 Å². The lowest BCUT2D eigenvalue weighted by molar-refractivity contribution is -0.132. The van der Waals surface area contributed by atoms with Crippen LogP contribution in [0.15, 0.2) is 24.8 Å². The Kier molecular flexibility index (Phi) is 4.29. The molecule has 0 amide bonds. The van der Waals surface area contributed by atoms with E-state index in [1.807, 2.05) is 0 Å². The summed E-state index contributed by atoms with van der Waals surface area (Å²) in [6, 6.07) is 0. The number of hydrogen-bond donors (Lipinski definition) is 1. The van der Waals surface area contributed by atoms with Crippen molar-refractivity contribution >= 4 is 5.97 Å². The molecule has 0 radical (unpaired) electrons. The third-order valence-corrected chi connectivity index (χ3v) is 1.19. The van der Waals surface area contributed by atoms with E-state index in [-0.39, 0.29) is 5.57 Å². The van der Waals surface area contributed by atoms with Crippen molar-refractivity contribution in [1.29, 1.82) is 0 Å². The van der Waals surface area contributed by atoms with Crippen molar-refractivity contribution in [3.8, 4) is 0 Å². The summed E-state index contributed by atoms with van der Waals surface area (Å²) < 4.78 is 0. The van der Waals surface area contributed by atoms with E-state index in [4.69, 9.17) is 5.11 Å². The summed E-state index contributed by atoms with van der Waals surface area (Å²) >= 11 is 0. The van der Waals surface area contributed by atoms with Crippen molar-refractivity contribution in [3.05, 3.63) is 24.8 Å². The van der Waals surface area contributed by atoms with Gasteiger partial charge in [-0.25, -0.2) is 4.79 Å². The molecule has 0 fully saturated rings. The van der Waals surface area contributed by atoms with Gasteiger partial charge in [-0.1, -0.05) is 12.7 Å². The third kappa shape index (κ3) is 3.89. The van der Waals surface area contributed by atoms with Gasteiger partial charge in [-0.3, -0.25) is 0 Å². The fourth-order valence-corrected chi connectivity index (χ4v) is 0.567. The Hall–Kier alpha value is -1.05. The number of hydrogen-bond acceptors (Lipinski definition) is 1. The van der Waals surface area contributed by atoms with Gasteiger partial charge in [0.1, 0.15) is 0 Å². The van der Waals surface area contributed by atoms with E-state index in [2.05, 4.69) is 13.2 Å². The largest absolute Gasteiger partial charge is 0.478 e. The molecule has 0 spiro atoms. The highest BCUT2D eigenvalue weighted by Gasteiger charge is 2.00. The van der Waals surface area contributed by atoms with Gasteiger partial charge in [0.05, 0.1) is 0 Å². The molecule has 0 aliphatic heterocycles. The average Bonchev–Trinajstić information content (AvgIpc) is 1.88. The zero-order valence-electron chi connectivity index (χ0n) is 5.97. The summed E-state index contributed by atoms with van der Waals surface area (Å²) in [6.07, 6.45) is 4.01. The highest BCUT2D eigenvalue weighted by atomic mass is 16.4. The van der Waals surface area contributed by atoms with Crippen LogP contribution in [0.5, 0.6) is 0 Å². The summed E-state index contributed by atoms with van der Waals surface area (Å²) in [5, 5.41) is 8.36. The molecule has 1 N–H and O–H groups in total. The van der Waals surface area contributed by atoms with Crippen LogP contribution in [0.1, 0.15) is 19.3 Å². The maximum Gasteiger partial charge on any atom is 0.330 e. The number of aliphatic carboxylic acids is 1. The Balaban J connectivity index is 3.40. The van der Waals surface area contributed by atoms with Crippen molar-refractivity contribution in [2.24, 2.45) is 0 Å². The molecule has 0 heterocycles. The van der Waals surface area contributed by atoms with Gasteiger partial charge in [-0.2, -0.15) is 0 Å². The fourth-order valence-electron chi connectivity index (χ4n) is 0.567. The normalized spacial score (nSPS) is 8.80. The number of rotatable bonds is 5. The lowest BCUT2D eigenvalue weighted by atomic mass is 10.1. The molecule has 0 bridgehead atoms. The second kappa shape index (κ2) is 4.79. The van der Waals surface area contributed by atoms with Crippen molar-refractivity contribution in [1.82, 2.24) is 0 Å². The van der Waals surface area contributed by atoms with E-state index >= 15 is 0 Å². The lowest BCUT2D eigenvalue weighted by Crippen LogP contribution is -1.97. The van der Waals surface area contributed by atoms with Crippen molar-refractivity contribution in [2.75, 3.05) is 0 Å². The summed E-state index contributed by atoms with van der Waals surface area (Å²) in [5.41, 5.74) is 0.279. The van der Waals surface area contributed by atoms with E-state index in [9.17, 15) is 4.79 Å². The minimum atomic E-state index is -0.899. The molecule has 2 nitrogen and oxygen atoms in total. The maximum absolute atomic E-state index is 10.2. The molecule has 0 unspecified atom stereocenters. The molecule has 0 aliphatic carbocycles. The topological polar surface area (TPSA) is 37.3 Å². The molecule has 0 aromatic carbocycles. The predicted octanol–water partition coefficient (Wildman–Crippen LogP) is 1.98. The van der Waals surface area contributed by atoms with Crippen LogP contribution in [-0.2, 0) is 4.79 Å². The van der Waals surface area contributed by atoms with E-state index < -0.39 is 5.97 Å². The van der Waals surface area contributed by atoms with Gasteiger partial charge < -0.3 is 5.11 Å². The Morgan fingerprint density at radius 3 is 2.60 bits per heavy atom. The smallest absolute Gasteiger partial charge is 0.330 e. The average molecular weight is 140 g/mol. The summed E-state index contributed by atoms with van der Waals surface area (Å²) in [5.74, 6) is -0.899. The molecule has 2 heteroatoms. The number of allylic oxidation sites excluding steroid dienone is 1. The Morgan fingerprint density at radius 1 is 1.60 bits per heavy atom. The number of carboxylic acid groups (broad SMARTS) is 1. The van der Waals surface area contributed by atoms with Gasteiger partial charge in [-0.05, 0) is 19.3 Å². The standard InChI is InChI=1S/C8H12O2/c1-3-4-5-6-7(2)8(9)10/h3H,1-2,4-6H2,(H,9,10). The molecular weight excluding hydrogens is 128 g/mol. The van der Waals surface area contributed by atoms with E-state index in [0.29, 0.717) is 6.42 Å². The molecule has 56 valence electrons. The molecule has 10 heavy (non-hydrogen) atoms. The second-order valence-corrected chi connectivity index (χ2v) is 2.09. The van der Waals surface area contributed by atoms with Gasteiger partial charge in [0.25, 0.3) is 0 Å². The van der Waals surface area contributed by atoms with Crippen molar-refractivity contribution in [3.63, 3.8) is 0 Å². The summed E-state index contributed by atoms with van der Waals surface area (Å²) in [7, 11) is 0. The predicted molar refractivity (Wildman–Crippen MR) is 40.8 cm³/mol. The Bertz CT molecular complexity index is 147. The second-order valence-electron chi connectivity index (χ2n) is 2.09. The highest BCUT2D eigenvalue weighted by Crippen LogP contribution is 2.04. The molecule has 0 aromatic rings. The van der Waals surface area contributed by atoms with Crippen LogP contribution in [0.4, 0.5) is 0 Å². The maximum atomic E-state index is 10.2. The first-order chi connectivity index (χ1) is 4.68. The van der Waals surface area contributed by atoms with E-state index in [1.165, 1.54) is 0 Å². The molecule has 0 saturated heterocycles. The first kappa shape index (κ1) is 8.95. The molecule has 0 aliphatic rings. The summed E-state index contributed by atoms with van der Waals surface area (Å²) in [4.78, 5) is 10.2. The van der Waals surface area contributed by atoms with Crippen LogP contribution in [0, 0.1) is 0 Å².